The highest BCUT2D eigenvalue weighted by Crippen LogP contribution is 2.40. The van der Waals surface area contributed by atoms with Crippen molar-refractivity contribution in [1.82, 2.24) is 15.2 Å². The molecule has 0 spiro atoms. The van der Waals surface area contributed by atoms with Crippen LogP contribution in [0.15, 0.2) is 36.4 Å². The number of alkyl halides is 3. The number of hydrogen-bond donors (Lipinski definition) is 2. The number of fused-ring (bicyclic) bond motifs is 1. The van der Waals surface area contributed by atoms with Crippen LogP contribution in [0.25, 0.3) is 22.2 Å². The SMILES string of the molecule is COc1ccc(-c2[nH]c3ccc(C4CCN(C(=O)CNCC(F)(F)F)CC4)cc3c2C(C)C)cc1OC. The number of amides is 1. The molecule has 0 saturated carbocycles. The van der Waals surface area contributed by atoms with Crippen LogP contribution < -0.4 is 14.8 Å². The lowest BCUT2D eigenvalue weighted by molar-refractivity contribution is -0.135. The molecule has 2 aromatic carbocycles. The zero-order valence-corrected chi connectivity index (χ0v) is 21.7. The number of piperidine rings is 1. The van der Waals surface area contributed by atoms with Gasteiger partial charge in [0, 0.05) is 29.6 Å². The van der Waals surface area contributed by atoms with Crippen molar-refractivity contribution < 1.29 is 27.4 Å². The summed E-state index contributed by atoms with van der Waals surface area (Å²) >= 11 is 0. The Labute approximate surface area is 215 Å². The first-order valence-corrected chi connectivity index (χ1v) is 12.5. The van der Waals surface area contributed by atoms with Crippen LogP contribution in [0, 0.1) is 0 Å². The minimum atomic E-state index is -4.32. The number of halogens is 3. The normalized spacial score (nSPS) is 15.0. The van der Waals surface area contributed by atoms with Crippen LogP contribution >= 0.6 is 0 Å². The van der Waals surface area contributed by atoms with Gasteiger partial charge in [-0.15, -0.1) is 0 Å². The van der Waals surface area contributed by atoms with Gasteiger partial charge in [-0.1, -0.05) is 19.9 Å². The number of H-pyrrole nitrogens is 1. The van der Waals surface area contributed by atoms with Crippen LogP contribution in [-0.4, -0.2) is 62.4 Å². The fourth-order valence-electron chi connectivity index (χ4n) is 5.19. The van der Waals surface area contributed by atoms with E-state index in [4.69, 9.17) is 9.47 Å². The number of hydrogen-bond acceptors (Lipinski definition) is 4. The molecule has 200 valence electrons. The maximum atomic E-state index is 12.3. The number of nitrogens with zero attached hydrogens (tertiary/aromatic N) is 1. The molecule has 0 radical (unpaired) electrons. The van der Waals surface area contributed by atoms with Gasteiger partial charge >= 0.3 is 6.18 Å². The molecule has 0 atom stereocenters. The van der Waals surface area contributed by atoms with E-state index in [2.05, 4.69) is 42.3 Å². The Morgan fingerprint density at radius 1 is 1.08 bits per heavy atom. The Morgan fingerprint density at radius 3 is 2.41 bits per heavy atom. The molecular formula is C28H34F3N3O3. The Balaban J connectivity index is 1.53. The summed E-state index contributed by atoms with van der Waals surface area (Å²) in [5.41, 5.74) is 5.57. The lowest BCUT2D eigenvalue weighted by Crippen LogP contribution is -2.44. The quantitative estimate of drug-likeness (QED) is 0.394. The van der Waals surface area contributed by atoms with Gasteiger partial charge in [0.1, 0.15) is 0 Å². The molecule has 1 aromatic heterocycles. The fraction of sp³-hybridized carbons (Fsp3) is 0.464. The number of ether oxygens (including phenoxy) is 2. The van der Waals surface area contributed by atoms with Crippen LogP contribution in [0.2, 0.25) is 0 Å². The topological polar surface area (TPSA) is 66.6 Å². The molecule has 1 aliphatic heterocycles. The van der Waals surface area contributed by atoms with Crippen LogP contribution in [0.5, 0.6) is 11.5 Å². The predicted molar refractivity (Wildman–Crippen MR) is 138 cm³/mol. The maximum absolute atomic E-state index is 12.3. The highest BCUT2D eigenvalue weighted by Gasteiger charge is 2.28. The second-order valence-electron chi connectivity index (χ2n) is 9.82. The van der Waals surface area contributed by atoms with Gasteiger partial charge in [-0.2, -0.15) is 13.2 Å². The lowest BCUT2D eigenvalue weighted by atomic mass is 9.87. The van der Waals surface area contributed by atoms with Crippen LogP contribution in [-0.2, 0) is 4.79 Å². The third kappa shape index (κ3) is 6.04. The van der Waals surface area contributed by atoms with E-state index in [1.165, 1.54) is 16.5 Å². The van der Waals surface area contributed by atoms with Crippen LogP contribution in [0.1, 0.15) is 49.7 Å². The number of likely N-dealkylation sites (tertiary alicyclic amines) is 1. The monoisotopic (exact) mass is 517 g/mol. The number of nitrogens with one attached hydrogen (secondary N) is 2. The molecule has 1 amide bonds. The van der Waals surface area contributed by atoms with E-state index in [9.17, 15) is 18.0 Å². The van der Waals surface area contributed by atoms with E-state index in [0.29, 0.717) is 24.6 Å². The summed E-state index contributed by atoms with van der Waals surface area (Å²) in [6.07, 6.45) is -2.76. The first-order valence-electron chi connectivity index (χ1n) is 12.5. The van der Waals surface area contributed by atoms with Crippen LogP contribution in [0.3, 0.4) is 0 Å². The molecule has 1 fully saturated rings. The summed E-state index contributed by atoms with van der Waals surface area (Å²) in [7, 11) is 3.24. The minimum Gasteiger partial charge on any atom is -0.493 e. The summed E-state index contributed by atoms with van der Waals surface area (Å²) in [6.45, 7) is 3.98. The minimum absolute atomic E-state index is 0.274. The largest absolute Gasteiger partial charge is 0.493 e. The van der Waals surface area contributed by atoms with Gasteiger partial charge in [-0.05, 0) is 66.1 Å². The number of aromatic amines is 1. The molecule has 6 nitrogen and oxygen atoms in total. The molecule has 2 heterocycles. The Hall–Kier alpha value is -3.20. The molecule has 2 N–H and O–H groups in total. The molecular weight excluding hydrogens is 483 g/mol. The highest BCUT2D eigenvalue weighted by molar-refractivity contribution is 5.92. The van der Waals surface area contributed by atoms with E-state index in [0.717, 1.165) is 29.6 Å². The number of methoxy groups -OCH3 is 2. The number of carbonyl (C=O) groups excluding carboxylic acids is 1. The van der Waals surface area contributed by atoms with E-state index in [-0.39, 0.29) is 24.3 Å². The molecule has 9 heteroatoms. The summed E-state index contributed by atoms with van der Waals surface area (Å²) in [6, 6.07) is 12.4. The van der Waals surface area contributed by atoms with Crippen molar-refractivity contribution in [3.63, 3.8) is 0 Å². The summed E-state index contributed by atoms with van der Waals surface area (Å²) in [5.74, 6) is 1.62. The average molecular weight is 518 g/mol. The average Bonchev–Trinajstić information content (AvgIpc) is 3.26. The number of rotatable bonds is 8. The molecule has 4 rings (SSSR count). The van der Waals surface area contributed by atoms with Gasteiger partial charge in [0.25, 0.3) is 0 Å². The molecule has 0 bridgehead atoms. The lowest BCUT2D eigenvalue weighted by Gasteiger charge is -2.32. The molecule has 1 aliphatic rings. The second kappa shape index (κ2) is 11.0. The highest BCUT2D eigenvalue weighted by atomic mass is 19.4. The second-order valence-corrected chi connectivity index (χ2v) is 9.82. The molecule has 0 aliphatic carbocycles. The molecule has 3 aromatic rings. The van der Waals surface area contributed by atoms with E-state index >= 15 is 0 Å². The van der Waals surface area contributed by atoms with Crippen molar-refractivity contribution in [2.45, 2.75) is 44.7 Å². The smallest absolute Gasteiger partial charge is 0.401 e. The number of benzene rings is 2. The number of carbonyl (C=O) groups is 1. The van der Waals surface area contributed by atoms with Crippen molar-refractivity contribution in [3.8, 4) is 22.8 Å². The fourth-order valence-corrected chi connectivity index (χ4v) is 5.19. The van der Waals surface area contributed by atoms with Gasteiger partial charge in [-0.3, -0.25) is 4.79 Å². The van der Waals surface area contributed by atoms with Gasteiger partial charge in [0.2, 0.25) is 5.91 Å². The summed E-state index contributed by atoms with van der Waals surface area (Å²) in [4.78, 5) is 17.6. The first kappa shape index (κ1) is 26.9. The van der Waals surface area contributed by atoms with Gasteiger partial charge in [0.05, 0.1) is 33.0 Å². The molecule has 1 saturated heterocycles. The predicted octanol–water partition coefficient (Wildman–Crippen LogP) is 5.83. The Kier molecular flexibility index (Phi) is 8.02. The van der Waals surface area contributed by atoms with Gasteiger partial charge < -0.3 is 24.7 Å². The van der Waals surface area contributed by atoms with Crippen molar-refractivity contribution in [1.29, 1.82) is 0 Å². The summed E-state index contributed by atoms with van der Waals surface area (Å²) < 4.78 is 47.9. The van der Waals surface area contributed by atoms with Gasteiger partial charge in [0.15, 0.2) is 11.5 Å². The number of aromatic nitrogens is 1. The standard InChI is InChI=1S/C28H34F3N3O3/c1-17(2)26-21-13-19(18-9-11-34(12-10-18)25(35)15-32-16-28(29,30)31)5-7-22(21)33-27(26)20-6-8-23(36-3)24(14-20)37-4/h5-8,13-14,17-18,32-33H,9-12,15-16H2,1-4H3. The Morgan fingerprint density at radius 2 is 1.78 bits per heavy atom. The zero-order chi connectivity index (χ0) is 26.7. The van der Waals surface area contributed by atoms with E-state index < -0.39 is 12.7 Å². The first-order chi connectivity index (χ1) is 17.6. The molecule has 0 unspecified atom stereocenters. The van der Waals surface area contributed by atoms with Crippen LogP contribution in [0.4, 0.5) is 13.2 Å². The van der Waals surface area contributed by atoms with E-state index in [1.54, 1.807) is 19.1 Å². The van der Waals surface area contributed by atoms with E-state index in [1.807, 2.05) is 18.2 Å². The third-order valence-corrected chi connectivity index (χ3v) is 7.03. The maximum Gasteiger partial charge on any atom is 0.401 e. The Bertz CT molecular complexity index is 1240. The van der Waals surface area contributed by atoms with Crippen molar-refractivity contribution in [3.05, 3.63) is 47.5 Å². The zero-order valence-electron chi connectivity index (χ0n) is 21.7. The molecule has 37 heavy (non-hydrogen) atoms. The van der Waals surface area contributed by atoms with Gasteiger partial charge in [-0.25, -0.2) is 0 Å². The summed E-state index contributed by atoms with van der Waals surface area (Å²) in [5, 5.41) is 3.37. The third-order valence-electron chi connectivity index (χ3n) is 7.03. The van der Waals surface area contributed by atoms with Crippen molar-refractivity contribution >= 4 is 16.8 Å². The van der Waals surface area contributed by atoms with Crippen molar-refractivity contribution in [2.24, 2.45) is 0 Å². The van der Waals surface area contributed by atoms with Crippen molar-refractivity contribution in [2.75, 3.05) is 40.4 Å².